The molecule has 0 unspecified atom stereocenters. The van der Waals surface area contributed by atoms with E-state index in [1.807, 2.05) is 0 Å². The van der Waals surface area contributed by atoms with Crippen molar-refractivity contribution in [3.05, 3.63) is 12.3 Å². The third-order valence-corrected chi connectivity index (χ3v) is 0.728. The van der Waals surface area contributed by atoms with Crippen molar-refractivity contribution >= 4 is 26.1 Å². The SMILES string of the molecule is Sc1ccnnn1.[S]. The van der Waals surface area contributed by atoms with Crippen molar-refractivity contribution in [2.24, 2.45) is 0 Å². The average molecular weight is 145 g/mol. The Kier molecular flexibility index (Phi) is 3.55. The van der Waals surface area contributed by atoms with Gasteiger partial charge < -0.3 is 0 Å². The second-order valence-corrected chi connectivity index (χ2v) is 1.44. The van der Waals surface area contributed by atoms with Gasteiger partial charge in [0.2, 0.25) is 0 Å². The van der Waals surface area contributed by atoms with Crippen molar-refractivity contribution in [2.45, 2.75) is 5.03 Å². The lowest BCUT2D eigenvalue weighted by Gasteiger charge is -1.78. The lowest BCUT2D eigenvalue weighted by atomic mass is 10.7. The van der Waals surface area contributed by atoms with Crippen molar-refractivity contribution in [3.63, 3.8) is 0 Å². The Bertz CT molecular complexity index is 142. The Morgan fingerprint density at radius 3 is 2.50 bits per heavy atom. The fourth-order valence-corrected chi connectivity index (χ4v) is 0.341. The monoisotopic (exact) mass is 145 g/mol. The van der Waals surface area contributed by atoms with Crippen LogP contribution in [0.1, 0.15) is 0 Å². The van der Waals surface area contributed by atoms with E-state index in [1.165, 1.54) is 6.20 Å². The van der Waals surface area contributed by atoms with Gasteiger partial charge in [0.1, 0.15) is 5.03 Å². The highest BCUT2D eigenvalue weighted by Crippen LogP contribution is 1.91. The first-order chi connectivity index (χ1) is 3.39. The van der Waals surface area contributed by atoms with E-state index in [0.29, 0.717) is 5.03 Å². The molecule has 0 aliphatic carbocycles. The second-order valence-electron chi connectivity index (χ2n) is 0.979. The molecule has 0 spiro atoms. The quantitative estimate of drug-likeness (QED) is 0.549. The molecule has 0 aromatic carbocycles. The minimum Gasteiger partial charge on any atom is -0.139 e. The van der Waals surface area contributed by atoms with Crippen LogP contribution in [-0.4, -0.2) is 15.4 Å². The van der Waals surface area contributed by atoms with Gasteiger partial charge in [0.05, 0.1) is 6.20 Å². The first kappa shape index (κ1) is 7.71. The predicted octanol–water partition coefficient (Wildman–Crippen LogP) is 0.808. The van der Waals surface area contributed by atoms with Gasteiger partial charge >= 0.3 is 0 Å². The number of thiol groups is 1. The molecule has 8 heavy (non-hydrogen) atoms. The van der Waals surface area contributed by atoms with Crippen LogP contribution in [0.25, 0.3) is 0 Å². The van der Waals surface area contributed by atoms with Gasteiger partial charge in [-0.25, -0.2) is 0 Å². The first-order valence-corrected chi connectivity index (χ1v) is 2.17. The molecule has 1 heterocycles. The maximum Gasteiger partial charge on any atom is 0.119 e. The van der Waals surface area contributed by atoms with Crippen LogP contribution < -0.4 is 0 Å². The van der Waals surface area contributed by atoms with Crippen LogP contribution in [0.2, 0.25) is 0 Å². The number of hydrogen-bond donors (Lipinski definition) is 1. The second kappa shape index (κ2) is 3.68. The van der Waals surface area contributed by atoms with Crippen LogP contribution in [0.5, 0.6) is 0 Å². The van der Waals surface area contributed by atoms with Crippen LogP contribution >= 0.6 is 26.1 Å². The average Bonchev–Trinajstić information content (AvgIpc) is 1.69. The number of rotatable bonds is 0. The van der Waals surface area contributed by atoms with Gasteiger partial charge in [0.15, 0.2) is 0 Å². The zero-order chi connectivity index (χ0) is 5.11. The van der Waals surface area contributed by atoms with E-state index in [2.05, 4.69) is 28.0 Å². The molecule has 1 rings (SSSR count). The van der Waals surface area contributed by atoms with Gasteiger partial charge in [-0.05, 0) is 11.3 Å². The molecule has 0 amide bonds. The third kappa shape index (κ3) is 2.13. The van der Waals surface area contributed by atoms with E-state index in [1.54, 1.807) is 6.07 Å². The Balaban J connectivity index is 0.000000490. The first-order valence-electron chi connectivity index (χ1n) is 1.73. The van der Waals surface area contributed by atoms with Crippen molar-refractivity contribution in [1.82, 2.24) is 15.4 Å². The summed E-state index contributed by atoms with van der Waals surface area (Å²) in [6.45, 7) is 0. The van der Waals surface area contributed by atoms with Crippen molar-refractivity contribution < 1.29 is 0 Å². The normalized spacial score (nSPS) is 7.62. The van der Waals surface area contributed by atoms with E-state index in [-0.39, 0.29) is 13.5 Å². The van der Waals surface area contributed by atoms with Gasteiger partial charge in [-0.3, -0.25) is 0 Å². The molecular formula is C3H3N3S2. The molecule has 2 radical (unpaired) electrons. The molecule has 0 fully saturated rings. The number of aromatic nitrogens is 3. The minimum absolute atomic E-state index is 0. The summed E-state index contributed by atoms with van der Waals surface area (Å²) in [5.41, 5.74) is 0. The third-order valence-electron chi connectivity index (χ3n) is 0.489. The van der Waals surface area contributed by atoms with Gasteiger partial charge in [0.25, 0.3) is 0 Å². The van der Waals surface area contributed by atoms with E-state index in [0.717, 1.165) is 0 Å². The summed E-state index contributed by atoms with van der Waals surface area (Å²) in [7, 11) is 0. The molecule has 0 atom stereocenters. The zero-order valence-electron chi connectivity index (χ0n) is 3.85. The van der Waals surface area contributed by atoms with Gasteiger partial charge in [0, 0.05) is 13.5 Å². The predicted molar refractivity (Wildman–Crippen MR) is 34.7 cm³/mol. The molecule has 0 aliphatic heterocycles. The summed E-state index contributed by atoms with van der Waals surface area (Å²) in [5, 5.41) is 10.8. The smallest absolute Gasteiger partial charge is 0.119 e. The molecule has 0 N–H and O–H groups in total. The van der Waals surface area contributed by atoms with Crippen LogP contribution in [0.15, 0.2) is 17.3 Å². The number of nitrogens with zero attached hydrogens (tertiary/aromatic N) is 3. The summed E-state index contributed by atoms with van der Waals surface area (Å²) >= 11 is 3.87. The largest absolute Gasteiger partial charge is 0.139 e. The van der Waals surface area contributed by atoms with Crippen LogP contribution in [0.3, 0.4) is 0 Å². The topological polar surface area (TPSA) is 38.7 Å². The molecule has 0 saturated carbocycles. The highest BCUT2D eigenvalue weighted by Gasteiger charge is 1.77. The molecule has 5 heteroatoms. The molecule has 0 bridgehead atoms. The van der Waals surface area contributed by atoms with Crippen LogP contribution in [0.4, 0.5) is 0 Å². The van der Waals surface area contributed by atoms with Crippen molar-refractivity contribution in [3.8, 4) is 0 Å². The summed E-state index contributed by atoms with van der Waals surface area (Å²) in [4.78, 5) is 0. The molecule has 42 valence electrons. The van der Waals surface area contributed by atoms with E-state index >= 15 is 0 Å². The molecule has 1 aromatic heterocycles. The summed E-state index contributed by atoms with van der Waals surface area (Å²) < 4.78 is 0. The number of hydrogen-bond acceptors (Lipinski definition) is 4. The Morgan fingerprint density at radius 2 is 2.25 bits per heavy atom. The lowest BCUT2D eigenvalue weighted by Crippen LogP contribution is -1.82. The summed E-state index contributed by atoms with van der Waals surface area (Å²) in [6.07, 6.45) is 1.54. The Labute approximate surface area is 59.4 Å². The highest BCUT2D eigenvalue weighted by molar-refractivity contribution is 7.80. The lowest BCUT2D eigenvalue weighted by molar-refractivity contribution is 0.806. The molecule has 3 nitrogen and oxygen atoms in total. The molecule has 0 aliphatic rings. The maximum atomic E-state index is 3.87. The standard InChI is InChI=1S/C3H3N3S.S/c7-3-1-2-4-6-5-3;/h1-2H,(H,4,5,7);. The Morgan fingerprint density at radius 1 is 1.50 bits per heavy atom. The van der Waals surface area contributed by atoms with Gasteiger partial charge in [-0.1, -0.05) is 0 Å². The van der Waals surface area contributed by atoms with E-state index in [9.17, 15) is 0 Å². The fourth-order valence-electron chi connectivity index (χ4n) is 0.235. The fraction of sp³-hybridized carbons (Fsp3) is 0. The summed E-state index contributed by atoms with van der Waals surface area (Å²) in [6, 6.07) is 1.66. The highest BCUT2D eigenvalue weighted by atomic mass is 32.1. The Hall–Kier alpha value is -0.290. The van der Waals surface area contributed by atoms with Crippen LogP contribution in [0, 0.1) is 0 Å². The van der Waals surface area contributed by atoms with Crippen LogP contribution in [-0.2, 0) is 0 Å². The van der Waals surface area contributed by atoms with Gasteiger partial charge in [-0.15, -0.1) is 22.8 Å². The maximum absolute atomic E-state index is 3.87. The zero-order valence-corrected chi connectivity index (χ0v) is 5.56. The molecule has 1 aromatic rings. The minimum atomic E-state index is 0. The van der Waals surface area contributed by atoms with Crippen molar-refractivity contribution in [1.29, 1.82) is 0 Å². The van der Waals surface area contributed by atoms with E-state index < -0.39 is 0 Å². The van der Waals surface area contributed by atoms with E-state index in [4.69, 9.17) is 0 Å². The molecule has 0 saturated heterocycles. The summed E-state index contributed by atoms with van der Waals surface area (Å²) in [5.74, 6) is 0. The van der Waals surface area contributed by atoms with Crippen molar-refractivity contribution in [2.75, 3.05) is 0 Å². The van der Waals surface area contributed by atoms with Gasteiger partial charge in [-0.2, -0.15) is 0 Å². The molecular weight excluding hydrogens is 142 g/mol.